The van der Waals surface area contributed by atoms with Crippen LogP contribution in [0.25, 0.3) is 0 Å². The van der Waals surface area contributed by atoms with Gasteiger partial charge in [-0.25, -0.2) is 0 Å². The van der Waals surface area contributed by atoms with Gasteiger partial charge in [0, 0.05) is 5.92 Å². The predicted molar refractivity (Wildman–Crippen MR) is 75.5 cm³/mol. The molecule has 2 rings (SSSR count). The van der Waals surface area contributed by atoms with Crippen LogP contribution in [-0.2, 0) is 6.42 Å². The highest BCUT2D eigenvalue weighted by Gasteiger charge is 2.17. The van der Waals surface area contributed by atoms with Crippen LogP contribution in [0.1, 0.15) is 17.0 Å². The zero-order valence-corrected chi connectivity index (χ0v) is 10.4. The smallest absolute Gasteiger partial charge is 0.0683 e. The van der Waals surface area contributed by atoms with Crippen molar-refractivity contribution in [3.05, 3.63) is 84.4 Å². The standard InChI is InChI=1S/C17H18O/c1-2-16(15-11-7-4-8-12-15)17(18)13-14-9-5-3-6-10-14/h2-12,16-18H,1,13H2/t16-,17-/m1/s1. The van der Waals surface area contributed by atoms with Crippen molar-refractivity contribution >= 4 is 0 Å². The molecular weight excluding hydrogens is 220 g/mol. The summed E-state index contributed by atoms with van der Waals surface area (Å²) in [6.07, 6.45) is 2.03. The van der Waals surface area contributed by atoms with Gasteiger partial charge in [0.15, 0.2) is 0 Å². The van der Waals surface area contributed by atoms with Crippen LogP contribution in [0.3, 0.4) is 0 Å². The third-order valence-corrected chi connectivity index (χ3v) is 3.14. The van der Waals surface area contributed by atoms with Gasteiger partial charge in [0.05, 0.1) is 6.10 Å². The summed E-state index contributed by atoms with van der Waals surface area (Å²) in [5.74, 6) is -0.0218. The first-order chi connectivity index (χ1) is 8.81. The van der Waals surface area contributed by atoms with Gasteiger partial charge < -0.3 is 5.11 Å². The third-order valence-electron chi connectivity index (χ3n) is 3.14. The van der Waals surface area contributed by atoms with E-state index in [1.807, 2.05) is 66.7 Å². The normalized spacial score (nSPS) is 13.8. The molecule has 0 unspecified atom stereocenters. The molecule has 0 bridgehead atoms. The molecule has 1 nitrogen and oxygen atoms in total. The highest BCUT2D eigenvalue weighted by molar-refractivity contribution is 5.26. The number of benzene rings is 2. The summed E-state index contributed by atoms with van der Waals surface area (Å²) < 4.78 is 0. The van der Waals surface area contributed by atoms with E-state index in [0.717, 1.165) is 11.1 Å². The fraction of sp³-hybridized carbons (Fsp3) is 0.176. The van der Waals surface area contributed by atoms with Crippen molar-refractivity contribution in [2.45, 2.75) is 18.4 Å². The summed E-state index contributed by atoms with van der Waals surface area (Å²) in [5.41, 5.74) is 2.25. The van der Waals surface area contributed by atoms with E-state index in [1.54, 1.807) is 0 Å². The first-order valence-electron chi connectivity index (χ1n) is 6.20. The van der Waals surface area contributed by atoms with E-state index in [1.165, 1.54) is 0 Å². The van der Waals surface area contributed by atoms with Crippen LogP contribution in [0.4, 0.5) is 0 Å². The maximum atomic E-state index is 10.3. The molecule has 2 aromatic rings. The fourth-order valence-electron chi connectivity index (χ4n) is 2.17. The summed E-state index contributed by atoms with van der Waals surface area (Å²) in [5, 5.41) is 10.3. The van der Waals surface area contributed by atoms with Gasteiger partial charge in [-0.2, -0.15) is 0 Å². The molecule has 1 heteroatoms. The van der Waals surface area contributed by atoms with Crippen LogP contribution in [0.5, 0.6) is 0 Å². The Labute approximate surface area is 108 Å². The maximum absolute atomic E-state index is 10.3. The lowest BCUT2D eigenvalue weighted by Crippen LogP contribution is -2.19. The van der Waals surface area contributed by atoms with E-state index in [2.05, 4.69) is 6.58 Å². The number of hydrogen-bond donors (Lipinski definition) is 1. The Morgan fingerprint density at radius 3 is 2.06 bits per heavy atom. The molecule has 0 aliphatic carbocycles. The summed E-state index contributed by atoms with van der Waals surface area (Å²) in [7, 11) is 0. The van der Waals surface area contributed by atoms with Crippen LogP contribution in [-0.4, -0.2) is 11.2 Å². The zero-order valence-electron chi connectivity index (χ0n) is 10.4. The van der Waals surface area contributed by atoms with Gasteiger partial charge in [0.25, 0.3) is 0 Å². The second-order valence-electron chi connectivity index (χ2n) is 4.43. The van der Waals surface area contributed by atoms with E-state index in [4.69, 9.17) is 0 Å². The van der Waals surface area contributed by atoms with Gasteiger partial charge in [-0.3, -0.25) is 0 Å². The molecule has 0 saturated heterocycles. The van der Waals surface area contributed by atoms with Gasteiger partial charge in [0.1, 0.15) is 0 Å². The second-order valence-corrected chi connectivity index (χ2v) is 4.43. The number of aliphatic hydroxyl groups excluding tert-OH is 1. The second kappa shape index (κ2) is 6.18. The van der Waals surface area contributed by atoms with Gasteiger partial charge >= 0.3 is 0 Å². The minimum atomic E-state index is -0.438. The van der Waals surface area contributed by atoms with Crippen molar-refractivity contribution in [3.63, 3.8) is 0 Å². The minimum absolute atomic E-state index is 0.0218. The fourth-order valence-corrected chi connectivity index (χ4v) is 2.17. The van der Waals surface area contributed by atoms with E-state index in [-0.39, 0.29) is 5.92 Å². The van der Waals surface area contributed by atoms with Gasteiger partial charge in [0.2, 0.25) is 0 Å². The monoisotopic (exact) mass is 238 g/mol. The lowest BCUT2D eigenvalue weighted by molar-refractivity contribution is 0.159. The average Bonchev–Trinajstić information content (AvgIpc) is 2.42. The molecule has 2 atom stereocenters. The molecule has 0 aliphatic heterocycles. The molecule has 2 aromatic carbocycles. The summed E-state index contributed by atoms with van der Waals surface area (Å²) in [6.45, 7) is 3.84. The molecule has 0 amide bonds. The highest BCUT2D eigenvalue weighted by Crippen LogP contribution is 2.23. The predicted octanol–water partition coefficient (Wildman–Crippen LogP) is 3.56. The SMILES string of the molecule is C=C[C@H](c1ccccc1)[C@H](O)Cc1ccccc1. The van der Waals surface area contributed by atoms with Crippen LogP contribution in [0, 0.1) is 0 Å². The number of aliphatic hydroxyl groups is 1. The molecule has 0 aromatic heterocycles. The van der Waals surface area contributed by atoms with Crippen molar-refractivity contribution in [1.82, 2.24) is 0 Å². The first-order valence-corrected chi connectivity index (χ1v) is 6.20. The highest BCUT2D eigenvalue weighted by atomic mass is 16.3. The van der Waals surface area contributed by atoms with Crippen LogP contribution in [0.2, 0.25) is 0 Å². The number of hydrogen-bond acceptors (Lipinski definition) is 1. The topological polar surface area (TPSA) is 20.2 Å². The molecule has 0 heterocycles. The lowest BCUT2D eigenvalue weighted by Gasteiger charge is -2.20. The largest absolute Gasteiger partial charge is 0.392 e. The quantitative estimate of drug-likeness (QED) is 0.790. The van der Waals surface area contributed by atoms with Crippen molar-refractivity contribution in [2.24, 2.45) is 0 Å². The molecule has 1 N–H and O–H groups in total. The molecule has 18 heavy (non-hydrogen) atoms. The zero-order chi connectivity index (χ0) is 12.8. The summed E-state index contributed by atoms with van der Waals surface area (Å²) in [4.78, 5) is 0. The van der Waals surface area contributed by atoms with E-state index in [0.29, 0.717) is 6.42 Å². The van der Waals surface area contributed by atoms with Crippen molar-refractivity contribution < 1.29 is 5.11 Å². The van der Waals surface area contributed by atoms with Crippen molar-refractivity contribution in [3.8, 4) is 0 Å². The Morgan fingerprint density at radius 1 is 0.944 bits per heavy atom. The summed E-state index contributed by atoms with van der Waals surface area (Å²) >= 11 is 0. The molecular formula is C17H18O. The van der Waals surface area contributed by atoms with Crippen LogP contribution >= 0.6 is 0 Å². The maximum Gasteiger partial charge on any atom is 0.0683 e. The Kier molecular flexibility index (Phi) is 4.32. The molecule has 0 aliphatic rings. The molecule has 0 spiro atoms. The van der Waals surface area contributed by atoms with Gasteiger partial charge in [-0.05, 0) is 17.5 Å². The number of rotatable bonds is 5. The Balaban J connectivity index is 2.11. The minimum Gasteiger partial charge on any atom is -0.392 e. The van der Waals surface area contributed by atoms with Gasteiger partial charge in [-0.1, -0.05) is 66.7 Å². The van der Waals surface area contributed by atoms with Gasteiger partial charge in [-0.15, -0.1) is 6.58 Å². The Bertz CT molecular complexity index is 475. The van der Waals surface area contributed by atoms with Crippen molar-refractivity contribution in [2.75, 3.05) is 0 Å². The van der Waals surface area contributed by atoms with E-state index >= 15 is 0 Å². The van der Waals surface area contributed by atoms with Crippen molar-refractivity contribution in [1.29, 1.82) is 0 Å². The average molecular weight is 238 g/mol. The Hall–Kier alpha value is -1.86. The van der Waals surface area contributed by atoms with Crippen LogP contribution in [0.15, 0.2) is 73.3 Å². The molecule has 0 radical (unpaired) electrons. The lowest BCUT2D eigenvalue weighted by atomic mass is 9.90. The Morgan fingerprint density at radius 2 is 1.50 bits per heavy atom. The van der Waals surface area contributed by atoms with E-state index < -0.39 is 6.10 Å². The molecule has 92 valence electrons. The molecule has 0 saturated carbocycles. The van der Waals surface area contributed by atoms with Crippen LogP contribution < -0.4 is 0 Å². The van der Waals surface area contributed by atoms with E-state index in [9.17, 15) is 5.11 Å². The summed E-state index contributed by atoms with van der Waals surface area (Å²) in [6, 6.07) is 20.1. The molecule has 0 fully saturated rings. The first kappa shape index (κ1) is 12.6. The third kappa shape index (κ3) is 3.08.